The number of hydrogen-bond donors (Lipinski definition) is 1. The summed E-state index contributed by atoms with van der Waals surface area (Å²) in [7, 11) is 0. The second-order valence-electron chi connectivity index (χ2n) is 2.02. The van der Waals surface area contributed by atoms with Crippen LogP contribution in [0, 0.1) is 0 Å². The van der Waals surface area contributed by atoms with E-state index in [4.69, 9.17) is 0 Å². The fraction of sp³-hybridized carbons (Fsp3) is 0. The molecule has 0 aliphatic rings. The third-order valence-corrected chi connectivity index (χ3v) is 1.49. The molecular formula is C8H8OS. The summed E-state index contributed by atoms with van der Waals surface area (Å²) in [5, 5.41) is 1.78. The van der Waals surface area contributed by atoms with Crippen LogP contribution in [0.25, 0.3) is 13.2 Å². The maximum atomic E-state index is 4.68. The summed E-state index contributed by atoms with van der Waals surface area (Å²) < 4.78 is 4.68. The Hall–Kier alpha value is -0.890. The number of hydrogen-bond acceptors (Lipinski definition) is 2. The zero-order valence-electron chi connectivity index (χ0n) is 5.50. The lowest BCUT2D eigenvalue weighted by Gasteiger charge is -1.94. The second kappa shape index (κ2) is 2.80. The van der Waals surface area contributed by atoms with Crippen molar-refractivity contribution in [3.8, 4) is 5.75 Å². The molecule has 0 bridgehead atoms. The van der Waals surface area contributed by atoms with E-state index in [2.05, 4.69) is 30.3 Å². The lowest BCUT2D eigenvalue weighted by atomic mass is 10.2. The molecule has 0 N–H and O–H groups in total. The monoisotopic (exact) mass is 152 g/mol. The molecule has 1 rings (SSSR count). The van der Waals surface area contributed by atoms with Crippen molar-refractivity contribution in [2.24, 2.45) is 0 Å². The van der Waals surface area contributed by atoms with Gasteiger partial charge in [0.2, 0.25) is 0 Å². The highest BCUT2D eigenvalue weighted by atomic mass is 32.1. The molecule has 0 spiro atoms. The van der Waals surface area contributed by atoms with Gasteiger partial charge in [0.05, 0.1) is 0 Å². The smallest absolute Gasteiger partial charge is 0.137 e. The quantitative estimate of drug-likeness (QED) is 0.461. The zero-order valence-corrected chi connectivity index (χ0v) is 6.40. The van der Waals surface area contributed by atoms with Gasteiger partial charge in [0.15, 0.2) is 0 Å². The molecule has 1 aromatic rings. The van der Waals surface area contributed by atoms with Gasteiger partial charge in [-0.2, -0.15) is 0 Å². The van der Waals surface area contributed by atoms with E-state index in [9.17, 15) is 0 Å². The molecule has 0 unspecified atom stereocenters. The lowest BCUT2D eigenvalue weighted by molar-refractivity contribution is 0.658. The minimum atomic E-state index is 0.695. The van der Waals surface area contributed by atoms with Crippen LogP contribution in [0.3, 0.4) is 0 Å². The highest BCUT2D eigenvalue weighted by Crippen LogP contribution is 2.04. The van der Waals surface area contributed by atoms with Crippen LogP contribution in [0.5, 0.6) is 5.75 Å². The van der Waals surface area contributed by atoms with E-state index >= 15 is 0 Å². The van der Waals surface area contributed by atoms with E-state index in [1.54, 1.807) is 12.1 Å². The van der Waals surface area contributed by atoms with Gasteiger partial charge in [-0.3, -0.25) is 0 Å². The molecule has 0 heterocycles. The van der Waals surface area contributed by atoms with Gasteiger partial charge in [-0.05, 0) is 22.6 Å². The fourth-order valence-electron chi connectivity index (χ4n) is 0.659. The van der Waals surface area contributed by atoms with Crippen LogP contribution < -0.4 is 14.6 Å². The van der Waals surface area contributed by atoms with E-state index in [0.717, 1.165) is 10.4 Å². The highest BCUT2D eigenvalue weighted by Gasteiger charge is 1.87. The maximum absolute atomic E-state index is 4.68. The molecule has 1 nitrogen and oxygen atoms in total. The van der Waals surface area contributed by atoms with E-state index in [1.165, 1.54) is 0 Å². The van der Waals surface area contributed by atoms with Crippen LogP contribution in [0.1, 0.15) is 0 Å². The molecule has 52 valence electrons. The topological polar surface area (TPSA) is 9.23 Å². The van der Waals surface area contributed by atoms with Crippen molar-refractivity contribution in [2.45, 2.75) is 0 Å². The Kier molecular flexibility index (Phi) is 2.02. The molecule has 0 aromatic heterocycles. The van der Waals surface area contributed by atoms with E-state index in [0.29, 0.717) is 5.75 Å². The Bertz CT molecular complexity index is 319. The van der Waals surface area contributed by atoms with Crippen LogP contribution in [0.4, 0.5) is 0 Å². The molecule has 10 heavy (non-hydrogen) atoms. The van der Waals surface area contributed by atoms with Crippen molar-refractivity contribution in [3.63, 3.8) is 0 Å². The number of rotatable bonds is 1. The molecule has 0 radical (unpaired) electrons. The van der Waals surface area contributed by atoms with Gasteiger partial charge < -0.3 is 4.18 Å². The van der Waals surface area contributed by atoms with Crippen LogP contribution in [-0.4, -0.2) is 0 Å². The zero-order chi connectivity index (χ0) is 7.56. The van der Waals surface area contributed by atoms with Gasteiger partial charge in [0, 0.05) is 12.9 Å². The van der Waals surface area contributed by atoms with Gasteiger partial charge >= 0.3 is 0 Å². The summed E-state index contributed by atoms with van der Waals surface area (Å²) in [5.41, 5.74) is 0. The first-order chi connectivity index (χ1) is 4.74. The van der Waals surface area contributed by atoms with Gasteiger partial charge in [-0.15, -0.1) is 0 Å². The largest absolute Gasteiger partial charge is 0.429 e. The van der Waals surface area contributed by atoms with Crippen LogP contribution in [0.2, 0.25) is 0 Å². The van der Waals surface area contributed by atoms with Crippen molar-refractivity contribution in [3.05, 3.63) is 28.6 Å². The Labute approximate surface area is 65.3 Å². The van der Waals surface area contributed by atoms with Gasteiger partial charge in [-0.25, -0.2) is 0 Å². The van der Waals surface area contributed by atoms with Crippen molar-refractivity contribution >= 4 is 26.1 Å². The van der Waals surface area contributed by atoms with Gasteiger partial charge in [-0.1, -0.05) is 19.2 Å². The summed E-state index contributed by atoms with van der Waals surface area (Å²) in [6.45, 7) is 7.50. The van der Waals surface area contributed by atoms with Crippen LogP contribution in [-0.2, 0) is 0 Å². The van der Waals surface area contributed by atoms with E-state index in [-0.39, 0.29) is 0 Å². The van der Waals surface area contributed by atoms with Crippen molar-refractivity contribution in [1.82, 2.24) is 0 Å². The standard InChI is InChI=1S/C8H8OS/c1-6-3-4-8(9-10)5-7(6)2/h3-5,10H,1-2H2. The molecule has 0 fully saturated rings. The molecule has 0 aliphatic heterocycles. The Morgan fingerprint density at radius 2 is 1.90 bits per heavy atom. The predicted molar refractivity (Wildman–Crippen MR) is 46.4 cm³/mol. The van der Waals surface area contributed by atoms with Crippen molar-refractivity contribution in [2.75, 3.05) is 0 Å². The second-order valence-corrected chi connectivity index (χ2v) is 2.20. The average molecular weight is 152 g/mol. The number of thiol groups is 1. The third kappa shape index (κ3) is 1.33. The lowest BCUT2D eigenvalue weighted by Crippen LogP contribution is -2.19. The Balaban J connectivity index is 3.31. The highest BCUT2D eigenvalue weighted by molar-refractivity contribution is 7.75. The molecule has 0 amide bonds. The van der Waals surface area contributed by atoms with Crippen molar-refractivity contribution < 1.29 is 4.18 Å². The first-order valence-corrected chi connectivity index (χ1v) is 3.20. The summed E-state index contributed by atoms with van der Waals surface area (Å²) in [6, 6.07) is 5.42. The predicted octanol–water partition coefficient (Wildman–Crippen LogP) is 0.731. The molecule has 0 aliphatic carbocycles. The molecular weight excluding hydrogens is 144 g/mol. The Morgan fingerprint density at radius 3 is 2.40 bits per heavy atom. The summed E-state index contributed by atoms with van der Waals surface area (Å²) in [6.07, 6.45) is 0. The SMILES string of the molecule is C=c1ccc(OS)cc1=C. The average Bonchev–Trinajstić information content (AvgIpc) is 1.95. The van der Waals surface area contributed by atoms with Gasteiger partial charge in [0.1, 0.15) is 5.75 Å². The molecule has 0 saturated heterocycles. The Morgan fingerprint density at radius 1 is 1.20 bits per heavy atom. The fourth-order valence-corrected chi connectivity index (χ4v) is 0.773. The molecule has 1 aromatic carbocycles. The molecule has 2 heteroatoms. The first-order valence-electron chi connectivity index (χ1n) is 2.83. The van der Waals surface area contributed by atoms with Crippen molar-refractivity contribution in [1.29, 1.82) is 0 Å². The first kappa shape index (κ1) is 7.22. The van der Waals surface area contributed by atoms with Crippen LogP contribution in [0.15, 0.2) is 18.2 Å². The minimum absolute atomic E-state index is 0.695. The number of benzene rings is 1. The van der Waals surface area contributed by atoms with Gasteiger partial charge in [0.25, 0.3) is 0 Å². The van der Waals surface area contributed by atoms with Crippen LogP contribution >= 0.6 is 12.9 Å². The maximum Gasteiger partial charge on any atom is 0.137 e. The molecule has 0 saturated carbocycles. The van der Waals surface area contributed by atoms with E-state index < -0.39 is 0 Å². The molecule has 0 atom stereocenters. The van der Waals surface area contributed by atoms with E-state index in [1.807, 2.05) is 6.07 Å². The normalized spacial score (nSPS) is 9.30. The third-order valence-electron chi connectivity index (χ3n) is 1.28. The summed E-state index contributed by atoms with van der Waals surface area (Å²) >= 11 is 3.64. The summed E-state index contributed by atoms with van der Waals surface area (Å²) in [5.74, 6) is 0.695. The summed E-state index contributed by atoms with van der Waals surface area (Å²) in [4.78, 5) is 0. The minimum Gasteiger partial charge on any atom is -0.429 e.